The van der Waals surface area contributed by atoms with Crippen molar-refractivity contribution in [1.29, 1.82) is 0 Å². The third-order valence-corrected chi connectivity index (χ3v) is 2.69. The van der Waals surface area contributed by atoms with Crippen LogP contribution < -0.4 is 0 Å². The van der Waals surface area contributed by atoms with E-state index in [1.807, 2.05) is 38.1 Å². The Morgan fingerprint density at radius 1 is 1.31 bits per heavy atom. The van der Waals surface area contributed by atoms with Gasteiger partial charge in [-0.1, -0.05) is 43.2 Å². The summed E-state index contributed by atoms with van der Waals surface area (Å²) in [6, 6.07) is 7.99. The van der Waals surface area contributed by atoms with Gasteiger partial charge in [0.05, 0.1) is 6.10 Å². The predicted octanol–water partition coefficient (Wildman–Crippen LogP) is 3.23. The van der Waals surface area contributed by atoms with Gasteiger partial charge in [0.15, 0.2) is 0 Å². The molecule has 1 N–H and O–H groups in total. The Hall–Kier alpha value is -0.860. The molecule has 1 rings (SSSR count). The lowest BCUT2D eigenvalue weighted by Gasteiger charge is -2.23. The number of ether oxygens (including phenoxy) is 1. The smallest absolute Gasteiger partial charge is 0.105 e. The second kappa shape index (κ2) is 6.66. The quantitative estimate of drug-likeness (QED) is 0.800. The first-order valence-corrected chi connectivity index (χ1v) is 6.05. The molecule has 0 fully saturated rings. The molecule has 16 heavy (non-hydrogen) atoms. The summed E-state index contributed by atoms with van der Waals surface area (Å²) in [6.07, 6.45) is 1.31. The summed E-state index contributed by atoms with van der Waals surface area (Å²) < 4.78 is 5.59. The predicted molar refractivity (Wildman–Crippen MR) is 66.5 cm³/mol. The highest BCUT2D eigenvalue weighted by molar-refractivity contribution is 5.24. The number of aliphatic hydroxyl groups excluding tert-OH is 1. The molecule has 0 saturated carbocycles. The van der Waals surface area contributed by atoms with E-state index in [9.17, 15) is 5.11 Å². The molecular weight excluding hydrogens is 200 g/mol. The van der Waals surface area contributed by atoms with Crippen LogP contribution in [0.1, 0.15) is 43.9 Å². The summed E-state index contributed by atoms with van der Waals surface area (Å²) in [5.41, 5.74) is 2.12. The third-order valence-electron chi connectivity index (χ3n) is 2.69. The third kappa shape index (κ3) is 3.62. The van der Waals surface area contributed by atoms with Crippen LogP contribution in [0.3, 0.4) is 0 Å². The van der Waals surface area contributed by atoms with Crippen LogP contribution >= 0.6 is 0 Å². The Balaban J connectivity index is 2.76. The van der Waals surface area contributed by atoms with Crippen LogP contribution in [-0.2, 0) is 4.74 Å². The van der Waals surface area contributed by atoms with Crippen LogP contribution in [0.5, 0.6) is 0 Å². The summed E-state index contributed by atoms with van der Waals surface area (Å²) in [5, 5.41) is 10.2. The van der Waals surface area contributed by atoms with Gasteiger partial charge in [0.25, 0.3) is 0 Å². The van der Waals surface area contributed by atoms with Crippen molar-refractivity contribution in [2.75, 3.05) is 6.61 Å². The maximum absolute atomic E-state index is 10.2. The molecule has 0 saturated heterocycles. The highest BCUT2D eigenvalue weighted by Gasteiger charge is 2.20. The second-order valence-electron chi connectivity index (χ2n) is 4.14. The van der Waals surface area contributed by atoms with E-state index in [0.29, 0.717) is 6.61 Å². The first-order chi connectivity index (χ1) is 7.69. The van der Waals surface area contributed by atoms with Crippen molar-refractivity contribution in [2.24, 2.45) is 0 Å². The zero-order chi connectivity index (χ0) is 12.0. The van der Waals surface area contributed by atoms with Crippen molar-refractivity contribution >= 4 is 0 Å². The van der Waals surface area contributed by atoms with Crippen molar-refractivity contribution in [1.82, 2.24) is 0 Å². The minimum Gasteiger partial charge on any atom is -0.386 e. The van der Waals surface area contributed by atoms with Crippen LogP contribution in [0, 0.1) is 6.92 Å². The van der Waals surface area contributed by atoms with E-state index in [1.54, 1.807) is 0 Å². The molecule has 0 heterocycles. The van der Waals surface area contributed by atoms with E-state index in [-0.39, 0.29) is 6.10 Å². The van der Waals surface area contributed by atoms with Crippen molar-refractivity contribution in [3.05, 3.63) is 35.4 Å². The maximum Gasteiger partial charge on any atom is 0.105 e. The molecule has 0 spiro atoms. The van der Waals surface area contributed by atoms with Crippen molar-refractivity contribution in [3.63, 3.8) is 0 Å². The molecule has 0 bridgehead atoms. The molecule has 0 aliphatic carbocycles. The molecular formula is C14H22O2. The number of hydrogen-bond donors (Lipinski definition) is 1. The van der Waals surface area contributed by atoms with Crippen LogP contribution in [0.15, 0.2) is 24.3 Å². The Bertz CT molecular complexity index is 303. The number of benzene rings is 1. The summed E-state index contributed by atoms with van der Waals surface area (Å²) >= 11 is 0. The molecule has 2 atom stereocenters. The summed E-state index contributed by atoms with van der Waals surface area (Å²) in [5.74, 6) is 0. The van der Waals surface area contributed by atoms with Crippen molar-refractivity contribution in [2.45, 2.75) is 45.8 Å². The molecule has 2 unspecified atom stereocenters. The fourth-order valence-electron chi connectivity index (χ4n) is 1.90. The van der Waals surface area contributed by atoms with E-state index in [2.05, 4.69) is 6.92 Å². The van der Waals surface area contributed by atoms with Crippen LogP contribution in [-0.4, -0.2) is 17.8 Å². The molecule has 2 heteroatoms. The Kier molecular flexibility index (Phi) is 5.50. The van der Waals surface area contributed by atoms with Crippen LogP contribution in [0.2, 0.25) is 0 Å². The van der Waals surface area contributed by atoms with E-state index in [1.165, 1.54) is 5.56 Å². The van der Waals surface area contributed by atoms with Crippen LogP contribution in [0.25, 0.3) is 0 Å². The highest BCUT2D eigenvalue weighted by Crippen LogP contribution is 2.23. The van der Waals surface area contributed by atoms with E-state index >= 15 is 0 Å². The Morgan fingerprint density at radius 3 is 2.62 bits per heavy atom. The largest absolute Gasteiger partial charge is 0.386 e. The molecule has 1 aromatic carbocycles. The first kappa shape index (κ1) is 13.2. The molecule has 0 aliphatic heterocycles. The Labute approximate surface area is 98.3 Å². The lowest BCUT2D eigenvalue weighted by atomic mass is 9.99. The first-order valence-electron chi connectivity index (χ1n) is 6.05. The van der Waals surface area contributed by atoms with Gasteiger partial charge in [-0.05, 0) is 25.8 Å². The molecule has 90 valence electrons. The van der Waals surface area contributed by atoms with Gasteiger partial charge >= 0.3 is 0 Å². The van der Waals surface area contributed by atoms with Gasteiger partial charge in [-0.3, -0.25) is 0 Å². The maximum atomic E-state index is 10.2. The van der Waals surface area contributed by atoms with Gasteiger partial charge in [-0.25, -0.2) is 0 Å². The van der Waals surface area contributed by atoms with Crippen LogP contribution in [0.4, 0.5) is 0 Å². The lowest BCUT2D eigenvalue weighted by molar-refractivity contribution is -0.0384. The lowest BCUT2D eigenvalue weighted by Crippen LogP contribution is -2.22. The second-order valence-corrected chi connectivity index (χ2v) is 4.14. The molecule has 0 amide bonds. The molecule has 1 aromatic rings. The minimum atomic E-state index is -0.514. The highest BCUT2D eigenvalue weighted by atomic mass is 16.5. The van der Waals surface area contributed by atoms with E-state index < -0.39 is 6.10 Å². The number of rotatable bonds is 6. The van der Waals surface area contributed by atoms with E-state index in [0.717, 1.165) is 18.4 Å². The summed E-state index contributed by atoms with van der Waals surface area (Å²) in [7, 11) is 0. The SMILES string of the molecule is CCCC(OCC)C(O)c1cccc(C)c1. The molecule has 0 radical (unpaired) electrons. The van der Waals surface area contributed by atoms with Gasteiger partial charge in [-0.2, -0.15) is 0 Å². The normalized spacial score (nSPS) is 14.8. The standard InChI is InChI=1S/C14H22O2/c1-4-7-13(16-5-2)14(15)12-9-6-8-11(3)10-12/h6,8-10,13-15H,4-5,7H2,1-3H3. The van der Waals surface area contributed by atoms with Gasteiger partial charge in [0, 0.05) is 6.61 Å². The molecule has 0 aliphatic rings. The number of aliphatic hydroxyl groups is 1. The topological polar surface area (TPSA) is 29.5 Å². The fraction of sp³-hybridized carbons (Fsp3) is 0.571. The summed E-state index contributed by atoms with van der Waals surface area (Å²) in [4.78, 5) is 0. The zero-order valence-electron chi connectivity index (χ0n) is 10.4. The van der Waals surface area contributed by atoms with Gasteiger partial charge in [0.2, 0.25) is 0 Å². The van der Waals surface area contributed by atoms with Crippen molar-refractivity contribution in [3.8, 4) is 0 Å². The fourth-order valence-corrected chi connectivity index (χ4v) is 1.90. The zero-order valence-corrected chi connectivity index (χ0v) is 10.4. The van der Waals surface area contributed by atoms with E-state index in [4.69, 9.17) is 4.74 Å². The van der Waals surface area contributed by atoms with Crippen molar-refractivity contribution < 1.29 is 9.84 Å². The molecule has 2 nitrogen and oxygen atoms in total. The monoisotopic (exact) mass is 222 g/mol. The number of hydrogen-bond acceptors (Lipinski definition) is 2. The Morgan fingerprint density at radius 2 is 2.06 bits per heavy atom. The van der Waals surface area contributed by atoms with Gasteiger partial charge < -0.3 is 9.84 Å². The molecule has 0 aromatic heterocycles. The summed E-state index contributed by atoms with van der Waals surface area (Å²) in [6.45, 7) is 6.75. The average molecular weight is 222 g/mol. The number of aryl methyl sites for hydroxylation is 1. The average Bonchev–Trinajstić information content (AvgIpc) is 2.28. The van der Waals surface area contributed by atoms with Gasteiger partial charge in [-0.15, -0.1) is 0 Å². The van der Waals surface area contributed by atoms with Gasteiger partial charge in [0.1, 0.15) is 6.10 Å². The minimum absolute atomic E-state index is 0.0863.